The molecule has 2 N–H and O–H groups in total. The largest absolute Gasteiger partial charge is 0.394 e. The Labute approximate surface area is 91.4 Å². The van der Waals surface area contributed by atoms with Crippen molar-refractivity contribution in [3.05, 3.63) is 0 Å². The molecule has 1 unspecified atom stereocenters. The van der Waals surface area contributed by atoms with Crippen LogP contribution in [0.1, 0.15) is 44.9 Å². The number of hydrogen-bond acceptors (Lipinski definition) is 3. The third-order valence-electron chi connectivity index (χ3n) is 3.86. The molecule has 1 aliphatic heterocycles. The van der Waals surface area contributed by atoms with Crippen LogP contribution in [0.15, 0.2) is 0 Å². The molecule has 0 amide bonds. The molecule has 3 atom stereocenters. The predicted molar refractivity (Wildman–Crippen MR) is 57.6 cm³/mol. The SMILES string of the molecule is OC[C@H]1OC(C2CCCCCC2)C[C@H]1O. The first-order valence-electron chi connectivity index (χ1n) is 6.25. The molecular formula is C12H22O3. The summed E-state index contributed by atoms with van der Waals surface area (Å²) in [6, 6.07) is 0. The maximum atomic E-state index is 9.68. The number of aliphatic hydroxyl groups excluding tert-OH is 2. The van der Waals surface area contributed by atoms with E-state index in [4.69, 9.17) is 9.84 Å². The standard InChI is InChI=1S/C12H22O3/c13-8-12-10(14)7-11(15-12)9-5-3-1-2-4-6-9/h9-14H,1-8H2/t10-,11?,12-/m1/s1. The zero-order valence-electron chi connectivity index (χ0n) is 9.27. The van der Waals surface area contributed by atoms with Crippen LogP contribution in [0.2, 0.25) is 0 Å². The van der Waals surface area contributed by atoms with Gasteiger partial charge in [0.2, 0.25) is 0 Å². The number of rotatable bonds is 2. The van der Waals surface area contributed by atoms with E-state index in [0.717, 1.165) is 6.42 Å². The van der Waals surface area contributed by atoms with Crippen molar-refractivity contribution in [2.45, 2.75) is 63.3 Å². The van der Waals surface area contributed by atoms with Crippen molar-refractivity contribution in [1.82, 2.24) is 0 Å². The zero-order valence-corrected chi connectivity index (χ0v) is 9.27. The second-order valence-corrected chi connectivity index (χ2v) is 4.95. The van der Waals surface area contributed by atoms with E-state index in [-0.39, 0.29) is 18.8 Å². The van der Waals surface area contributed by atoms with Gasteiger partial charge in [-0.15, -0.1) is 0 Å². The van der Waals surface area contributed by atoms with E-state index in [9.17, 15) is 5.11 Å². The van der Waals surface area contributed by atoms with Gasteiger partial charge in [0.05, 0.1) is 18.8 Å². The highest BCUT2D eigenvalue weighted by Gasteiger charge is 2.37. The summed E-state index contributed by atoms with van der Waals surface area (Å²) >= 11 is 0. The maximum absolute atomic E-state index is 9.68. The summed E-state index contributed by atoms with van der Waals surface area (Å²) < 4.78 is 5.72. The minimum Gasteiger partial charge on any atom is -0.394 e. The van der Waals surface area contributed by atoms with E-state index in [1.807, 2.05) is 0 Å². The molecule has 1 saturated carbocycles. The van der Waals surface area contributed by atoms with Gasteiger partial charge in [-0.2, -0.15) is 0 Å². The summed E-state index contributed by atoms with van der Waals surface area (Å²) in [5, 5.41) is 18.7. The fourth-order valence-electron chi connectivity index (χ4n) is 2.91. The molecule has 0 spiro atoms. The monoisotopic (exact) mass is 214 g/mol. The zero-order chi connectivity index (χ0) is 10.7. The van der Waals surface area contributed by atoms with Gasteiger partial charge >= 0.3 is 0 Å². The summed E-state index contributed by atoms with van der Waals surface area (Å²) in [6.45, 7) is -0.0512. The van der Waals surface area contributed by atoms with E-state index in [1.54, 1.807) is 0 Å². The second kappa shape index (κ2) is 5.28. The summed E-state index contributed by atoms with van der Waals surface area (Å²) in [4.78, 5) is 0. The molecule has 2 fully saturated rings. The first kappa shape index (κ1) is 11.4. The van der Waals surface area contributed by atoms with Crippen LogP contribution in [0.3, 0.4) is 0 Å². The number of hydrogen-bond donors (Lipinski definition) is 2. The Kier molecular flexibility index (Phi) is 4.00. The van der Waals surface area contributed by atoms with Gasteiger partial charge in [-0.05, 0) is 18.8 Å². The van der Waals surface area contributed by atoms with Crippen LogP contribution >= 0.6 is 0 Å². The Morgan fingerprint density at radius 1 is 1.07 bits per heavy atom. The summed E-state index contributed by atoms with van der Waals surface area (Å²) in [6.07, 6.45) is 7.86. The van der Waals surface area contributed by atoms with Gasteiger partial charge in [-0.3, -0.25) is 0 Å². The predicted octanol–water partition coefficient (Wildman–Crippen LogP) is 1.47. The normalized spacial score (nSPS) is 39.2. The van der Waals surface area contributed by atoms with E-state index in [0.29, 0.717) is 5.92 Å². The molecule has 3 nitrogen and oxygen atoms in total. The first-order chi connectivity index (χ1) is 7.31. The molecule has 0 radical (unpaired) electrons. The van der Waals surface area contributed by atoms with Crippen molar-refractivity contribution in [3.63, 3.8) is 0 Å². The fourth-order valence-corrected chi connectivity index (χ4v) is 2.91. The molecular weight excluding hydrogens is 192 g/mol. The van der Waals surface area contributed by atoms with Gasteiger partial charge in [0, 0.05) is 6.42 Å². The quantitative estimate of drug-likeness (QED) is 0.684. The molecule has 0 aromatic rings. The van der Waals surface area contributed by atoms with E-state index >= 15 is 0 Å². The minimum atomic E-state index is -0.455. The van der Waals surface area contributed by atoms with Crippen LogP contribution in [0.25, 0.3) is 0 Å². The minimum absolute atomic E-state index is 0.0512. The molecule has 15 heavy (non-hydrogen) atoms. The van der Waals surface area contributed by atoms with Crippen LogP contribution in [-0.4, -0.2) is 35.1 Å². The van der Waals surface area contributed by atoms with Crippen molar-refractivity contribution in [2.24, 2.45) is 5.92 Å². The van der Waals surface area contributed by atoms with Crippen LogP contribution in [0.5, 0.6) is 0 Å². The van der Waals surface area contributed by atoms with E-state index in [1.165, 1.54) is 38.5 Å². The van der Waals surface area contributed by atoms with Gasteiger partial charge in [0.1, 0.15) is 6.10 Å². The van der Waals surface area contributed by atoms with Gasteiger partial charge in [0.15, 0.2) is 0 Å². The fraction of sp³-hybridized carbons (Fsp3) is 1.00. The third-order valence-corrected chi connectivity index (χ3v) is 3.86. The number of aliphatic hydroxyl groups is 2. The Morgan fingerprint density at radius 2 is 1.73 bits per heavy atom. The number of ether oxygens (including phenoxy) is 1. The topological polar surface area (TPSA) is 49.7 Å². The van der Waals surface area contributed by atoms with Crippen LogP contribution in [0.4, 0.5) is 0 Å². The van der Waals surface area contributed by atoms with Crippen LogP contribution in [-0.2, 0) is 4.74 Å². The average Bonchev–Trinajstić information content (AvgIpc) is 2.48. The molecule has 2 aliphatic rings. The lowest BCUT2D eigenvalue weighted by atomic mass is 9.92. The first-order valence-corrected chi connectivity index (χ1v) is 6.25. The van der Waals surface area contributed by atoms with Crippen molar-refractivity contribution in [1.29, 1.82) is 0 Å². The van der Waals surface area contributed by atoms with E-state index in [2.05, 4.69) is 0 Å². The van der Waals surface area contributed by atoms with Crippen molar-refractivity contribution in [2.75, 3.05) is 6.61 Å². The van der Waals surface area contributed by atoms with Crippen molar-refractivity contribution in [3.8, 4) is 0 Å². The summed E-state index contributed by atoms with van der Waals surface area (Å²) in [5.41, 5.74) is 0. The lowest BCUT2D eigenvalue weighted by molar-refractivity contribution is -0.0399. The van der Waals surface area contributed by atoms with Crippen molar-refractivity contribution >= 4 is 0 Å². The third kappa shape index (κ3) is 2.71. The van der Waals surface area contributed by atoms with Crippen molar-refractivity contribution < 1.29 is 14.9 Å². The summed E-state index contributed by atoms with van der Waals surface area (Å²) in [5.74, 6) is 0.610. The molecule has 2 rings (SSSR count). The second-order valence-electron chi connectivity index (χ2n) is 4.95. The molecule has 0 bridgehead atoms. The van der Waals surface area contributed by atoms with Gasteiger partial charge in [0.25, 0.3) is 0 Å². The smallest absolute Gasteiger partial charge is 0.107 e. The van der Waals surface area contributed by atoms with E-state index < -0.39 is 6.10 Å². The Morgan fingerprint density at radius 3 is 2.27 bits per heavy atom. The Hall–Kier alpha value is -0.120. The highest BCUT2D eigenvalue weighted by Crippen LogP contribution is 2.33. The molecule has 88 valence electrons. The Bertz CT molecular complexity index is 187. The Balaban J connectivity index is 1.88. The molecule has 1 heterocycles. The highest BCUT2D eigenvalue weighted by atomic mass is 16.5. The lowest BCUT2D eigenvalue weighted by Gasteiger charge is -2.21. The molecule has 1 aliphatic carbocycles. The van der Waals surface area contributed by atoms with Gasteiger partial charge < -0.3 is 14.9 Å². The highest BCUT2D eigenvalue weighted by molar-refractivity contribution is 4.86. The summed E-state index contributed by atoms with van der Waals surface area (Å²) in [7, 11) is 0. The maximum Gasteiger partial charge on any atom is 0.107 e. The van der Waals surface area contributed by atoms with Gasteiger partial charge in [-0.1, -0.05) is 25.7 Å². The average molecular weight is 214 g/mol. The molecule has 3 heteroatoms. The molecule has 0 aromatic carbocycles. The van der Waals surface area contributed by atoms with Crippen LogP contribution in [0, 0.1) is 5.92 Å². The molecule has 1 saturated heterocycles. The van der Waals surface area contributed by atoms with Gasteiger partial charge in [-0.25, -0.2) is 0 Å². The molecule has 0 aromatic heterocycles. The van der Waals surface area contributed by atoms with Crippen LogP contribution < -0.4 is 0 Å². The lowest BCUT2D eigenvalue weighted by Crippen LogP contribution is -2.25.